The van der Waals surface area contributed by atoms with Crippen LogP contribution < -0.4 is 20.1 Å². The summed E-state index contributed by atoms with van der Waals surface area (Å²) in [7, 11) is 3.16. The highest BCUT2D eigenvalue weighted by molar-refractivity contribution is 5.79. The van der Waals surface area contributed by atoms with Crippen LogP contribution in [-0.4, -0.2) is 32.8 Å². The van der Waals surface area contributed by atoms with Crippen molar-refractivity contribution in [3.05, 3.63) is 59.2 Å². The Labute approximate surface area is 176 Å². The number of rotatable bonds is 10. The topological polar surface area (TPSA) is 64.1 Å². The fraction of sp³-hybridized carbons (Fsp3) is 0.409. The molecule has 0 saturated heterocycles. The third-order valence-corrected chi connectivity index (χ3v) is 4.19. The highest BCUT2D eigenvalue weighted by Crippen LogP contribution is 2.25. The summed E-state index contributed by atoms with van der Waals surface area (Å²) in [5.74, 6) is 1.17. The van der Waals surface area contributed by atoms with Crippen molar-refractivity contribution in [3.8, 4) is 11.5 Å². The van der Waals surface area contributed by atoms with Crippen molar-refractivity contribution in [1.29, 1.82) is 0 Å². The van der Waals surface area contributed by atoms with Crippen LogP contribution in [0.5, 0.6) is 11.5 Å². The molecule has 0 amide bonds. The molecule has 2 aromatic rings. The molecule has 6 nitrogen and oxygen atoms in total. The summed E-state index contributed by atoms with van der Waals surface area (Å²) < 4.78 is 40.7. The van der Waals surface area contributed by atoms with E-state index in [2.05, 4.69) is 26.4 Å². The predicted octanol–water partition coefficient (Wildman–Crippen LogP) is 4.09. The van der Waals surface area contributed by atoms with Crippen LogP contribution in [0.4, 0.5) is 8.78 Å². The zero-order chi connectivity index (χ0) is 21.9. The van der Waals surface area contributed by atoms with E-state index in [1.54, 1.807) is 19.2 Å². The Morgan fingerprint density at radius 1 is 1.03 bits per heavy atom. The molecule has 2 aromatic carbocycles. The average Bonchev–Trinajstić information content (AvgIpc) is 2.73. The van der Waals surface area contributed by atoms with Gasteiger partial charge in [0.2, 0.25) is 0 Å². The summed E-state index contributed by atoms with van der Waals surface area (Å²) in [6.07, 6.45) is 0.172. The second-order valence-electron chi connectivity index (χ2n) is 6.81. The number of nitrogens with one attached hydrogen (secondary N) is 2. The maximum atomic E-state index is 12.7. The van der Waals surface area contributed by atoms with Gasteiger partial charge in [-0.3, -0.25) is 4.99 Å². The van der Waals surface area contributed by atoms with Crippen molar-refractivity contribution in [1.82, 2.24) is 10.6 Å². The molecule has 0 saturated carbocycles. The molecule has 2 N–H and O–H groups in total. The third-order valence-electron chi connectivity index (χ3n) is 4.19. The van der Waals surface area contributed by atoms with Gasteiger partial charge < -0.3 is 24.8 Å². The predicted molar refractivity (Wildman–Crippen MR) is 113 cm³/mol. The minimum atomic E-state index is -2.90. The quantitative estimate of drug-likeness (QED) is 0.447. The summed E-state index contributed by atoms with van der Waals surface area (Å²) in [6.45, 7) is 2.44. The first-order chi connectivity index (χ1) is 14.4. The van der Waals surface area contributed by atoms with E-state index in [0.29, 0.717) is 30.4 Å². The molecule has 0 aliphatic carbocycles. The fourth-order valence-corrected chi connectivity index (χ4v) is 2.71. The molecule has 0 aliphatic heterocycles. The number of halogens is 2. The molecule has 164 valence electrons. The number of ether oxygens (including phenoxy) is 3. The molecule has 0 aliphatic rings. The summed E-state index contributed by atoms with van der Waals surface area (Å²) in [5.41, 5.74) is 2.70. The van der Waals surface area contributed by atoms with E-state index in [4.69, 9.17) is 9.47 Å². The second kappa shape index (κ2) is 12.0. The van der Waals surface area contributed by atoms with E-state index in [-0.39, 0.29) is 18.4 Å². The van der Waals surface area contributed by atoms with Crippen LogP contribution in [0.3, 0.4) is 0 Å². The van der Waals surface area contributed by atoms with Crippen molar-refractivity contribution in [2.24, 2.45) is 4.99 Å². The molecule has 0 fully saturated rings. The lowest BCUT2D eigenvalue weighted by atomic mass is 10.1. The molecule has 0 unspecified atom stereocenters. The van der Waals surface area contributed by atoms with Crippen LogP contribution in [0.1, 0.15) is 30.5 Å². The lowest BCUT2D eigenvalue weighted by Crippen LogP contribution is -2.36. The number of alkyl halides is 2. The van der Waals surface area contributed by atoms with Crippen molar-refractivity contribution in [3.63, 3.8) is 0 Å². The normalized spacial score (nSPS) is 11.7. The molecule has 2 rings (SSSR count). The number of guanidine groups is 1. The zero-order valence-electron chi connectivity index (χ0n) is 17.7. The highest BCUT2D eigenvalue weighted by Gasteiger charge is 2.11. The van der Waals surface area contributed by atoms with E-state index < -0.39 is 6.61 Å². The van der Waals surface area contributed by atoms with E-state index in [1.807, 2.05) is 32.0 Å². The molecule has 0 radical (unpaired) electrons. The number of hydrogen-bond acceptors (Lipinski definition) is 4. The number of methoxy groups -OCH3 is 1. The second-order valence-corrected chi connectivity index (χ2v) is 6.81. The summed E-state index contributed by atoms with van der Waals surface area (Å²) in [6, 6.07) is 12.8. The van der Waals surface area contributed by atoms with Gasteiger partial charge >= 0.3 is 6.61 Å². The van der Waals surface area contributed by atoms with Gasteiger partial charge in [-0.05, 0) is 43.2 Å². The summed E-state index contributed by atoms with van der Waals surface area (Å²) >= 11 is 0. The molecule has 0 aromatic heterocycles. The smallest absolute Gasteiger partial charge is 0.387 e. The maximum Gasteiger partial charge on any atom is 0.387 e. The lowest BCUT2D eigenvalue weighted by Gasteiger charge is -2.16. The maximum absolute atomic E-state index is 12.7. The molecule has 0 heterocycles. The number of benzene rings is 2. The van der Waals surface area contributed by atoms with Gasteiger partial charge in [-0.25, -0.2) is 0 Å². The van der Waals surface area contributed by atoms with E-state index in [9.17, 15) is 8.78 Å². The Morgan fingerprint density at radius 2 is 1.77 bits per heavy atom. The van der Waals surface area contributed by atoms with Crippen molar-refractivity contribution in [2.45, 2.75) is 46.3 Å². The number of aliphatic imine (C=N–C) groups is 1. The first-order valence-corrected chi connectivity index (χ1v) is 9.67. The Morgan fingerprint density at radius 3 is 2.43 bits per heavy atom. The summed E-state index contributed by atoms with van der Waals surface area (Å²) in [5, 5.41) is 6.32. The molecular weight excluding hydrogens is 392 g/mol. The Balaban J connectivity index is 1.96. The van der Waals surface area contributed by atoms with Crippen LogP contribution in [0.25, 0.3) is 0 Å². The minimum Gasteiger partial charge on any atom is -0.497 e. The van der Waals surface area contributed by atoms with E-state index in [1.165, 1.54) is 13.2 Å². The summed E-state index contributed by atoms with van der Waals surface area (Å²) in [4.78, 5) is 4.18. The first-order valence-electron chi connectivity index (χ1n) is 9.67. The Kier molecular flexibility index (Phi) is 9.34. The zero-order valence-corrected chi connectivity index (χ0v) is 17.7. The van der Waals surface area contributed by atoms with Crippen molar-refractivity contribution < 1.29 is 23.0 Å². The largest absolute Gasteiger partial charge is 0.497 e. The lowest BCUT2D eigenvalue weighted by molar-refractivity contribution is -0.0505. The molecular formula is C22H29F2N3O3. The van der Waals surface area contributed by atoms with Crippen molar-refractivity contribution in [2.75, 3.05) is 14.2 Å². The highest BCUT2D eigenvalue weighted by atomic mass is 19.3. The monoisotopic (exact) mass is 421 g/mol. The van der Waals surface area contributed by atoms with Crippen LogP contribution in [0.2, 0.25) is 0 Å². The average molecular weight is 421 g/mol. The van der Waals surface area contributed by atoms with Crippen LogP contribution in [0.15, 0.2) is 47.5 Å². The minimum absolute atomic E-state index is 0.0895. The Bertz CT molecular complexity index is 829. The van der Waals surface area contributed by atoms with Crippen molar-refractivity contribution >= 4 is 5.96 Å². The molecule has 0 atom stereocenters. The van der Waals surface area contributed by atoms with E-state index in [0.717, 1.165) is 11.1 Å². The van der Waals surface area contributed by atoms with Gasteiger partial charge in [-0.1, -0.05) is 24.3 Å². The third kappa shape index (κ3) is 7.87. The molecule has 30 heavy (non-hydrogen) atoms. The standard InChI is InChI=1S/C22H29F2N3O3/c1-15(2)29-14-17-7-5-6-16(10-17)12-26-22(25-3)27-13-18-11-19(28-4)8-9-20(18)30-21(23)24/h5-11,15,21H,12-14H2,1-4H3,(H2,25,26,27). The molecule has 8 heteroatoms. The van der Waals surface area contributed by atoms with Gasteiger partial charge in [0, 0.05) is 25.7 Å². The molecule has 0 bridgehead atoms. The van der Waals surface area contributed by atoms with Gasteiger partial charge in [0.15, 0.2) is 5.96 Å². The van der Waals surface area contributed by atoms with Gasteiger partial charge in [-0.15, -0.1) is 0 Å². The van der Waals surface area contributed by atoms with Gasteiger partial charge in [0.25, 0.3) is 0 Å². The SMILES string of the molecule is CN=C(NCc1cccc(COC(C)C)c1)NCc1cc(OC)ccc1OC(F)F. The van der Waals surface area contributed by atoms with Gasteiger partial charge in [0.05, 0.1) is 19.8 Å². The van der Waals surface area contributed by atoms with Crippen LogP contribution >= 0.6 is 0 Å². The van der Waals surface area contributed by atoms with Gasteiger partial charge in [-0.2, -0.15) is 8.78 Å². The Hall–Kier alpha value is -2.87. The van der Waals surface area contributed by atoms with Crippen LogP contribution in [0, 0.1) is 0 Å². The van der Waals surface area contributed by atoms with Crippen LogP contribution in [-0.2, 0) is 24.4 Å². The van der Waals surface area contributed by atoms with E-state index >= 15 is 0 Å². The number of nitrogens with zero attached hydrogens (tertiary/aromatic N) is 1. The number of hydrogen-bond donors (Lipinski definition) is 2. The molecule has 0 spiro atoms. The fourth-order valence-electron chi connectivity index (χ4n) is 2.71. The van der Waals surface area contributed by atoms with Gasteiger partial charge in [0.1, 0.15) is 11.5 Å². The first kappa shape index (κ1) is 23.4.